The van der Waals surface area contributed by atoms with Gasteiger partial charge in [-0.1, -0.05) is 97.3 Å². The number of rotatable bonds is 19. The highest BCUT2D eigenvalue weighted by atomic mass is 16.3. The molecule has 26 heavy (non-hydrogen) atoms. The first-order valence-electron chi connectivity index (χ1n) is 11.2. The molecule has 0 aromatic carbocycles. The SMILES string of the molecule is CCCCCCCCCCCCCCC[C@H](O)[C@@H](CO)NC(=O)CCC. The van der Waals surface area contributed by atoms with Gasteiger partial charge in [0.25, 0.3) is 0 Å². The third kappa shape index (κ3) is 15.6. The van der Waals surface area contributed by atoms with Gasteiger partial charge in [-0.15, -0.1) is 0 Å². The van der Waals surface area contributed by atoms with Crippen LogP contribution in [-0.4, -0.2) is 34.9 Å². The minimum Gasteiger partial charge on any atom is -0.394 e. The summed E-state index contributed by atoms with van der Waals surface area (Å²) < 4.78 is 0. The molecule has 0 aliphatic carbocycles. The Bertz CT molecular complexity index is 310. The largest absolute Gasteiger partial charge is 0.394 e. The molecule has 2 atom stereocenters. The summed E-state index contributed by atoms with van der Waals surface area (Å²) in [5.74, 6) is -0.0871. The van der Waals surface area contributed by atoms with Gasteiger partial charge in [0.2, 0.25) is 5.91 Å². The lowest BCUT2D eigenvalue weighted by Gasteiger charge is -2.22. The van der Waals surface area contributed by atoms with Gasteiger partial charge in [-0.25, -0.2) is 0 Å². The molecular weight excluding hydrogens is 326 g/mol. The highest BCUT2D eigenvalue weighted by molar-refractivity contribution is 5.76. The molecule has 1 amide bonds. The first-order valence-corrected chi connectivity index (χ1v) is 11.2. The minimum atomic E-state index is -0.645. The average Bonchev–Trinajstić information content (AvgIpc) is 2.63. The van der Waals surface area contributed by atoms with E-state index >= 15 is 0 Å². The number of amides is 1. The van der Waals surface area contributed by atoms with Gasteiger partial charge in [-0.2, -0.15) is 0 Å². The van der Waals surface area contributed by atoms with Crippen molar-refractivity contribution in [2.45, 2.75) is 129 Å². The van der Waals surface area contributed by atoms with Gasteiger partial charge in [0, 0.05) is 6.42 Å². The van der Waals surface area contributed by atoms with E-state index in [1.54, 1.807) is 0 Å². The van der Waals surface area contributed by atoms with E-state index in [4.69, 9.17) is 0 Å². The van der Waals surface area contributed by atoms with Crippen LogP contribution in [0.5, 0.6) is 0 Å². The van der Waals surface area contributed by atoms with E-state index in [9.17, 15) is 15.0 Å². The summed E-state index contributed by atoms with van der Waals surface area (Å²) in [6.07, 6.45) is 18.2. The summed E-state index contributed by atoms with van der Waals surface area (Å²) in [7, 11) is 0. The second kappa shape index (κ2) is 19.2. The van der Waals surface area contributed by atoms with Crippen molar-refractivity contribution in [3.05, 3.63) is 0 Å². The molecule has 0 heterocycles. The van der Waals surface area contributed by atoms with Crippen molar-refractivity contribution in [3.63, 3.8) is 0 Å². The molecule has 0 unspecified atom stereocenters. The number of aliphatic hydroxyl groups is 2. The van der Waals surface area contributed by atoms with Crippen molar-refractivity contribution < 1.29 is 15.0 Å². The van der Waals surface area contributed by atoms with E-state index < -0.39 is 12.1 Å². The molecule has 0 saturated carbocycles. The normalized spacial score (nSPS) is 13.5. The smallest absolute Gasteiger partial charge is 0.220 e. The van der Waals surface area contributed by atoms with Crippen molar-refractivity contribution in [3.8, 4) is 0 Å². The van der Waals surface area contributed by atoms with Gasteiger partial charge in [-0.05, 0) is 12.8 Å². The quantitative estimate of drug-likeness (QED) is 0.276. The van der Waals surface area contributed by atoms with E-state index in [2.05, 4.69) is 12.2 Å². The topological polar surface area (TPSA) is 69.6 Å². The molecule has 0 aliphatic rings. The number of aliphatic hydroxyl groups excluding tert-OH is 2. The highest BCUT2D eigenvalue weighted by Gasteiger charge is 2.19. The summed E-state index contributed by atoms with van der Waals surface area (Å²) in [6.45, 7) is 4.00. The summed E-state index contributed by atoms with van der Waals surface area (Å²) in [5.41, 5.74) is 0. The Labute approximate surface area is 162 Å². The van der Waals surface area contributed by atoms with Crippen LogP contribution in [0, 0.1) is 0 Å². The van der Waals surface area contributed by atoms with Crippen LogP contribution in [0.15, 0.2) is 0 Å². The van der Waals surface area contributed by atoms with Crippen molar-refractivity contribution in [1.82, 2.24) is 5.32 Å². The number of carbonyl (C=O) groups excluding carboxylic acids is 1. The number of nitrogens with one attached hydrogen (secondary N) is 1. The Morgan fingerprint density at radius 2 is 1.23 bits per heavy atom. The van der Waals surface area contributed by atoms with Crippen LogP contribution in [0.4, 0.5) is 0 Å². The molecule has 0 aromatic heterocycles. The first-order chi connectivity index (χ1) is 12.7. The zero-order valence-electron chi connectivity index (χ0n) is 17.5. The van der Waals surface area contributed by atoms with Crippen LogP contribution in [0.2, 0.25) is 0 Å². The summed E-state index contributed by atoms with van der Waals surface area (Å²) in [4.78, 5) is 11.6. The average molecular weight is 372 g/mol. The van der Waals surface area contributed by atoms with Crippen molar-refractivity contribution in [2.75, 3.05) is 6.61 Å². The minimum absolute atomic E-state index is 0.0871. The number of hydrogen-bond acceptors (Lipinski definition) is 3. The Morgan fingerprint density at radius 3 is 1.65 bits per heavy atom. The molecule has 3 N–H and O–H groups in total. The molecule has 0 aliphatic heterocycles. The van der Waals surface area contributed by atoms with E-state index in [0.717, 1.165) is 19.3 Å². The van der Waals surface area contributed by atoms with Gasteiger partial charge in [0.1, 0.15) is 0 Å². The molecule has 0 spiro atoms. The summed E-state index contributed by atoms with van der Waals surface area (Å²) >= 11 is 0. The highest BCUT2D eigenvalue weighted by Crippen LogP contribution is 2.14. The Morgan fingerprint density at radius 1 is 0.769 bits per heavy atom. The molecule has 0 radical (unpaired) electrons. The maximum Gasteiger partial charge on any atom is 0.220 e. The van der Waals surface area contributed by atoms with Crippen molar-refractivity contribution in [2.24, 2.45) is 0 Å². The number of hydrogen-bond donors (Lipinski definition) is 3. The third-order valence-corrected chi connectivity index (χ3v) is 5.09. The van der Waals surface area contributed by atoms with Crippen LogP contribution in [0.3, 0.4) is 0 Å². The van der Waals surface area contributed by atoms with Crippen LogP contribution >= 0.6 is 0 Å². The van der Waals surface area contributed by atoms with E-state index in [0.29, 0.717) is 12.8 Å². The van der Waals surface area contributed by atoms with Crippen LogP contribution in [0.25, 0.3) is 0 Å². The summed E-state index contributed by atoms with van der Waals surface area (Å²) in [5, 5.41) is 22.2. The zero-order valence-corrected chi connectivity index (χ0v) is 17.5. The molecule has 156 valence electrons. The van der Waals surface area contributed by atoms with Gasteiger partial charge in [0.05, 0.1) is 18.8 Å². The zero-order chi connectivity index (χ0) is 19.5. The first kappa shape index (κ1) is 25.4. The lowest BCUT2D eigenvalue weighted by atomic mass is 10.0. The Balaban J connectivity index is 3.46. The van der Waals surface area contributed by atoms with Crippen LogP contribution in [-0.2, 0) is 4.79 Å². The fraction of sp³-hybridized carbons (Fsp3) is 0.955. The van der Waals surface area contributed by atoms with Gasteiger partial charge < -0.3 is 15.5 Å². The van der Waals surface area contributed by atoms with Crippen molar-refractivity contribution in [1.29, 1.82) is 0 Å². The fourth-order valence-electron chi connectivity index (χ4n) is 3.34. The van der Waals surface area contributed by atoms with Crippen LogP contribution in [0.1, 0.15) is 117 Å². The second-order valence-electron chi connectivity index (χ2n) is 7.71. The molecule has 4 nitrogen and oxygen atoms in total. The fourth-order valence-corrected chi connectivity index (χ4v) is 3.34. The van der Waals surface area contributed by atoms with Crippen LogP contribution < -0.4 is 5.32 Å². The lowest BCUT2D eigenvalue weighted by Crippen LogP contribution is -2.45. The lowest BCUT2D eigenvalue weighted by molar-refractivity contribution is -0.123. The predicted octanol–water partition coefficient (Wildman–Crippen LogP) is 5.11. The van der Waals surface area contributed by atoms with E-state index in [-0.39, 0.29) is 12.5 Å². The molecule has 0 saturated heterocycles. The van der Waals surface area contributed by atoms with Gasteiger partial charge in [-0.3, -0.25) is 4.79 Å². The predicted molar refractivity (Wildman–Crippen MR) is 110 cm³/mol. The van der Waals surface area contributed by atoms with Crippen molar-refractivity contribution >= 4 is 5.91 Å². The molecule has 0 rings (SSSR count). The third-order valence-electron chi connectivity index (χ3n) is 5.09. The number of unbranched alkanes of at least 4 members (excludes halogenated alkanes) is 12. The molecule has 0 fully saturated rings. The standard InChI is InChI=1S/C22H45NO3/c1-3-5-6-7-8-9-10-11-12-13-14-15-16-18-21(25)20(19-24)23-22(26)17-4-2/h20-21,24-25H,3-19H2,1-2H3,(H,23,26)/t20-,21+/m1/s1. The molecule has 0 bridgehead atoms. The molecular formula is C22H45NO3. The Kier molecular flexibility index (Phi) is 18.7. The maximum atomic E-state index is 11.6. The van der Waals surface area contributed by atoms with Gasteiger partial charge in [0.15, 0.2) is 0 Å². The second-order valence-corrected chi connectivity index (χ2v) is 7.71. The Hall–Kier alpha value is -0.610. The van der Waals surface area contributed by atoms with E-state index in [1.807, 2.05) is 6.92 Å². The van der Waals surface area contributed by atoms with E-state index in [1.165, 1.54) is 70.6 Å². The number of carbonyl (C=O) groups is 1. The van der Waals surface area contributed by atoms with Gasteiger partial charge >= 0.3 is 0 Å². The maximum absolute atomic E-state index is 11.6. The molecule has 0 aromatic rings. The molecule has 4 heteroatoms. The summed E-state index contributed by atoms with van der Waals surface area (Å²) in [6, 6.07) is -0.522. The monoisotopic (exact) mass is 371 g/mol.